The van der Waals surface area contributed by atoms with Crippen LogP contribution in [-0.4, -0.2) is 47.9 Å². The van der Waals surface area contributed by atoms with Crippen LogP contribution in [-0.2, 0) is 14.3 Å². The van der Waals surface area contributed by atoms with Gasteiger partial charge in [-0.05, 0) is 25.0 Å². The minimum Gasteiger partial charge on any atom is -0.364 e. The van der Waals surface area contributed by atoms with Gasteiger partial charge in [0.05, 0.1) is 5.41 Å². The molecule has 2 fully saturated rings. The van der Waals surface area contributed by atoms with Gasteiger partial charge in [0, 0.05) is 37.7 Å². The second-order valence-electron chi connectivity index (χ2n) is 6.34. The minimum atomic E-state index is -1.02. The topological polar surface area (TPSA) is 95.9 Å². The molecule has 2 N–H and O–H groups in total. The Labute approximate surface area is 139 Å². The maximum Gasteiger partial charge on any atom is 0.253 e. The smallest absolute Gasteiger partial charge is 0.253 e. The molecular weight excluding hydrogens is 312 g/mol. The summed E-state index contributed by atoms with van der Waals surface area (Å²) < 4.78 is 4.82. The third-order valence-corrected chi connectivity index (χ3v) is 4.87. The highest BCUT2D eigenvalue weighted by Gasteiger charge is 2.48. The zero-order valence-electron chi connectivity index (χ0n) is 13.4. The van der Waals surface area contributed by atoms with Crippen LogP contribution < -0.4 is 5.32 Å². The van der Waals surface area contributed by atoms with Crippen LogP contribution in [0.2, 0.25) is 0 Å². The van der Waals surface area contributed by atoms with Crippen LogP contribution in [0.5, 0.6) is 0 Å². The van der Waals surface area contributed by atoms with Crippen molar-refractivity contribution < 1.29 is 24.2 Å². The zero-order chi connectivity index (χ0) is 17.3. The first kappa shape index (κ1) is 16.6. The summed E-state index contributed by atoms with van der Waals surface area (Å²) >= 11 is 0. The van der Waals surface area contributed by atoms with Crippen LogP contribution in [0, 0.1) is 5.41 Å². The highest BCUT2D eigenvalue weighted by molar-refractivity contribution is 6.02. The highest BCUT2D eigenvalue weighted by Crippen LogP contribution is 2.38. The van der Waals surface area contributed by atoms with E-state index in [1.807, 2.05) is 0 Å². The number of ether oxygens (including phenoxy) is 1. The molecule has 7 nitrogen and oxygen atoms in total. The Bertz CT molecular complexity index is 672. The molecule has 0 saturated carbocycles. The van der Waals surface area contributed by atoms with E-state index >= 15 is 0 Å². The van der Waals surface area contributed by atoms with Gasteiger partial charge in [0.25, 0.3) is 5.91 Å². The molecule has 0 aliphatic carbocycles. The monoisotopic (exact) mass is 332 g/mol. The fraction of sp³-hybridized carbons (Fsp3) is 0.471. The number of nitrogens with zero attached hydrogens (tertiary/aromatic N) is 1. The molecule has 2 heterocycles. The molecule has 24 heavy (non-hydrogen) atoms. The molecule has 3 rings (SSSR count). The Balaban J connectivity index is 1.70. The van der Waals surface area contributed by atoms with Gasteiger partial charge in [-0.2, -0.15) is 0 Å². The quantitative estimate of drug-likeness (QED) is 0.624. The molecule has 2 atom stereocenters. The van der Waals surface area contributed by atoms with E-state index in [4.69, 9.17) is 4.74 Å². The van der Waals surface area contributed by atoms with Crippen LogP contribution in [0.25, 0.3) is 0 Å². The first-order valence-corrected chi connectivity index (χ1v) is 7.89. The van der Waals surface area contributed by atoms with Gasteiger partial charge >= 0.3 is 0 Å². The number of likely N-dealkylation sites (tertiary alicyclic amines) is 1. The standard InChI is InChI=1S/C17H20N2O5/c1-24-15(22)12-4-2-11(3-5-12)14(21)19-9-8-17(10-19)7-6-13(20)18-16(17)23/h2-5,15,22H,6-10H2,1H3,(H,18,20,23). The lowest BCUT2D eigenvalue weighted by molar-refractivity contribution is -0.141. The first-order chi connectivity index (χ1) is 11.4. The van der Waals surface area contributed by atoms with E-state index in [-0.39, 0.29) is 17.7 Å². The number of benzene rings is 1. The van der Waals surface area contributed by atoms with Crippen molar-refractivity contribution in [2.75, 3.05) is 20.2 Å². The average Bonchev–Trinajstić information content (AvgIpc) is 3.03. The predicted octanol–water partition coefficient (Wildman–Crippen LogP) is 0.593. The second kappa shape index (κ2) is 6.33. The Morgan fingerprint density at radius 3 is 2.62 bits per heavy atom. The van der Waals surface area contributed by atoms with Gasteiger partial charge in [-0.15, -0.1) is 0 Å². The number of nitrogens with one attached hydrogen (secondary N) is 1. The number of imide groups is 1. The van der Waals surface area contributed by atoms with Crippen molar-refractivity contribution in [1.82, 2.24) is 10.2 Å². The maximum atomic E-state index is 12.6. The van der Waals surface area contributed by atoms with Gasteiger partial charge in [-0.25, -0.2) is 0 Å². The van der Waals surface area contributed by atoms with Crippen molar-refractivity contribution in [3.8, 4) is 0 Å². The summed E-state index contributed by atoms with van der Waals surface area (Å²) in [5.74, 6) is -0.676. The fourth-order valence-corrected chi connectivity index (χ4v) is 3.33. The predicted molar refractivity (Wildman–Crippen MR) is 83.7 cm³/mol. The molecule has 128 valence electrons. The molecule has 1 aromatic rings. The molecular formula is C17H20N2O5. The van der Waals surface area contributed by atoms with E-state index in [1.54, 1.807) is 29.2 Å². The normalized spacial score (nSPS) is 25.0. The third-order valence-electron chi connectivity index (χ3n) is 4.87. The number of hydrogen-bond acceptors (Lipinski definition) is 5. The number of carbonyl (C=O) groups is 3. The number of methoxy groups -OCH3 is 1. The van der Waals surface area contributed by atoms with E-state index in [2.05, 4.69) is 5.32 Å². The number of hydrogen-bond donors (Lipinski definition) is 2. The van der Waals surface area contributed by atoms with E-state index in [1.165, 1.54) is 7.11 Å². The number of piperidine rings is 1. The third kappa shape index (κ3) is 2.92. The number of rotatable bonds is 3. The number of carbonyl (C=O) groups excluding carboxylic acids is 3. The van der Waals surface area contributed by atoms with Crippen LogP contribution >= 0.6 is 0 Å². The molecule has 1 aromatic carbocycles. The van der Waals surface area contributed by atoms with E-state index in [9.17, 15) is 19.5 Å². The molecule has 0 radical (unpaired) electrons. The number of aliphatic hydroxyl groups is 1. The van der Waals surface area contributed by atoms with Crippen LogP contribution in [0.15, 0.2) is 24.3 Å². The van der Waals surface area contributed by atoms with Gasteiger partial charge < -0.3 is 14.7 Å². The lowest BCUT2D eigenvalue weighted by Crippen LogP contribution is -2.50. The first-order valence-electron chi connectivity index (χ1n) is 7.89. The zero-order valence-corrected chi connectivity index (χ0v) is 13.4. The van der Waals surface area contributed by atoms with Crippen LogP contribution in [0.3, 0.4) is 0 Å². The average molecular weight is 332 g/mol. The van der Waals surface area contributed by atoms with Gasteiger partial charge in [0.15, 0.2) is 6.29 Å². The van der Waals surface area contributed by atoms with E-state index in [0.29, 0.717) is 43.5 Å². The molecule has 2 aliphatic rings. The SMILES string of the molecule is COC(O)c1ccc(C(=O)N2CCC3(CCC(=O)NC3=O)C2)cc1. The molecule has 2 aliphatic heterocycles. The Morgan fingerprint density at radius 2 is 2.00 bits per heavy atom. The summed E-state index contributed by atoms with van der Waals surface area (Å²) in [7, 11) is 1.40. The highest BCUT2D eigenvalue weighted by atomic mass is 16.6. The molecule has 3 amide bonds. The molecule has 7 heteroatoms. The maximum absolute atomic E-state index is 12.6. The van der Waals surface area contributed by atoms with Crippen molar-refractivity contribution in [2.24, 2.45) is 5.41 Å². The summed E-state index contributed by atoms with van der Waals surface area (Å²) in [6, 6.07) is 6.54. The summed E-state index contributed by atoms with van der Waals surface area (Å²) in [5.41, 5.74) is 0.416. The second-order valence-corrected chi connectivity index (χ2v) is 6.34. The number of aliphatic hydroxyl groups excluding tert-OH is 1. The van der Waals surface area contributed by atoms with Gasteiger partial charge in [0.1, 0.15) is 0 Å². The molecule has 1 spiro atoms. The summed E-state index contributed by atoms with van der Waals surface area (Å²) in [4.78, 5) is 37.8. The molecule has 2 saturated heterocycles. The molecule has 0 aromatic heterocycles. The van der Waals surface area contributed by atoms with Crippen molar-refractivity contribution in [1.29, 1.82) is 0 Å². The van der Waals surface area contributed by atoms with Gasteiger partial charge in [-0.3, -0.25) is 19.7 Å². The largest absolute Gasteiger partial charge is 0.364 e. The van der Waals surface area contributed by atoms with E-state index in [0.717, 1.165) is 0 Å². The molecule has 0 bridgehead atoms. The summed E-state index contributed by atoms with van der Waals surface area (Å²) in [6.07, 6.45) is 0.350. The summed E-state index contributed by atoms with van der Waals surface area (Å²) in [5, 5.41) is 12.0. The lowest BCUT2D eigenvalue weighted by Gasteiger charge is -2.31. The van der Waals surface area contributed by atoms with Crippen molar-refractivity contribution in [2.45, 2.75) is 25.6 Å². The van der Waals surface area contributed by atoms with Gasteiger partial charge in [0.2, 0.25) is 11.8 Å². The number of amides is 3. The Morgan fingerprint density at radius 1 is 1.29 bits per heavy atom. The lowest BCUT2D eigenvalue weighted by atomic mass is 9.79. The van der Waals surface area contributed by atoms with Gasteiger partial charge in [-0.1, -0.05) is 12.1 Å². The van der Waals surface area contributed by atoms with Crippen LogP contribution in [0.1, 0.15) is 41.5 Å². The van der Waals surface area contributed by atoms with Crippen LogP contribution in [0.4, 0.5) is 0 Å². The van der Waals surface area contributed by atoms with Crippen molar-refractivity contribution in [3.63, 3.8) is 0 Å². The Hall–Kier alpha value is -2.25. The molecule has 2 unspecified atom stereocenters. The summed E-state index contributed by atoms with van der Waals surface area (Å²) in [6.45, 7) is 0.816. The minimum absolute atomic E-state index is 0.157. The van der Waals surface area contributed by atoms with Crippen molar-refractivity contribution in [3.05, 3.63) is 35.4 Å². The fourth-order valence-electron chi connectivity index (χ4n) is 3.33. The Kier molecular flexibility index (Phi) is 4.38. The van der Waals surface area contributed by atoms with Crippen molar-refractivity contribution >= 4 is 17.7 Å². The van der Waals surface area contributed by atoms with E-state index < -0.39 is 11.7 Å².